The predicted molar refractivity (Wildman–Crippen MR) is 112 cm³/mol. The van der Waals surface area contributed by atoms with E-state index in [-0.39, 0.29) is 24.0 Å². The molecule has 0 aliphatic heterocycles. The molecule has 0 atom stereocenters. The molecular weight excluding hydrogens is 460 g/mol. The van der Waals surface area contributed by atoms with Crippen molar-refractivity contribution in [3.63, 3.8) is 0 Å². The van der Waals surface area contributed by atoms with Crippen LogP contribution in [0.4, 0.5) is 0 Å². The quantitative estimate of drug-likeness (QED) is 0.376. The Morgan fingerprint density at radius 2 is 1.92 bits per heavy atom. The first-order valence-electron chi connectivity index (χ1n) is 7.52. The maximum atomic E-state index is 6.01. The summed E-state index contributed by atoms with van der Waals surface area (Å²) >= 11 is 12.0. The van der Waals surface area contributed by atoms with E-state index in [0.29, 0.717) is 16.6 Å². The zero-order chi connectivity index (χ0) is 16.7. The number of guanidine groups is 1. The second kappa shape index (κ2) is 10.8. The standard InChI is InChI=1S/C16H21Cl2N5.HI/c1-3-19-16(21-11-15-5-7-22-23(15)2)20-6-4-12-8-13(17)10-14(18)9-12;/h5,7-10H,3-4,6,11H2,1-2H3,(H2,19,20,21);1H. The molecule has 0 radical (unpaired) electrons. The van der Waals surface area contributed by atoms with Gasteiger partial charge in [0.2, 0.25) is 0 Å². The van der Waals surface area contributed by atoms with Crippen molar-refractivity contribution in [2.24, 2.45) is 12.0 Å². The number of hydrogen-bond donors (Lipinski definition) is 2. The van der Waals surface area contributed by atoms with E-state index in [1.54, 1.807) is 12.3 Å². The lowest BCUT2D eigenvalue weighted by Crippen LogP contribution is -2.38. The van der Waals surface area contributed by atoms with Crippen molar-refractivity contribution in [1.29, 1.82) is 0 Å². The highest BCUT2D eigenvalue weighted by atomic mass is 127. The number of nitrogens with one attached hydrogen (secondary N) is 2. The van der Waals surface area contributed by atoms with Crippen LogP contribution in [0.15, 0.2) is 35.5 Å². The zero-order valence-corrected chi connectivity index (χ0v) is 17.6. The van der Waals surface area contributed by atoms with Crippen molar-refractivity contribution in [3.8, 4) is 0 Å². The summed E-state index contributed by atoms with van der Waals surface area (Å²) in [6.07, 6.45) is 2.59. The van der Waals surface area contributed by atoms with Crippen LogP contribution in [0.1, 0.15) is 18.2 Å². The van der Waals surface area contributed by atoms with Gasteiger partial charge in [-0.2, -0.15) is 5.10 Å². The van der Waals surface area contributed by atoms with Gasteiger partial charge in [-0.1, -0.05) is 23.2 Å². The zero-order valence-electron chi connectivity index (χ0n) is 13.7. The number of aliphatic imine (C=N–C) groups is 1. The van der Waals surface area contributed by atoms with E-state index in [1.165, 1.54) is 0 Å². The van der Waals surface area contributed by atoms with Crippen molar-refractivity contribution in [3.05, 3.63) is 51.8 Å². The van der Waals surface area contributed by atoms with Gasteiger partial charge in [-0.15, -0.1) is 24.0 Å². The minimum atomic E-state index is 0. The number of aromatic nitrogens is 2. The van der Waals surface area contributed by atoms with Gasteiger partial charge in [0, 0.05) is 36.4 Å². The molecule has 0 bridgehead atoms. The van der Waals surface area contributed by atoms with Crippen molar-refractivity contribution in [2.45, 2.75) is 19.9 Å². The number of halogens is 3. The molecule has 24 heavy (non-hydrogen) atoms. The molecule has 1 heterocycles. The number of rotatable bonds is 6. The molecule has 2 N–H and O–H groups in total. The van der Waals surface area contributed by atoms with Gasteiger partial charge in [0.25, 0.3) is 0 Å². The lowest BCUT2D eigenvalue weighted by atomic mass is 10.1. The summed E-state index contributed by atoms with van der Waals surface area (Å²) in [4.78, 5) is 4.56. The Kier molecular flexibility index (Phi) is 9.46. The van der Waals surface area contributed by atoms with E-state index in [4.69, 9.17) is 23.2 Å². The molecule has 0 saturated heterocycles. The van der Waals surface area contributed by atoms with Crippen LogP contribution in [-0.4, -0.2) is 28.8 Å². The fraction of sp³-hybridized carbons (Fsp3) is 0.375. The molecule has 2 rings (SSSR count). The molecule has 8 heteroatoms. The Labute approximate surface area is 169 Å². The van der Waals surface area contributed by atoms with Crippen LogP contribution in [0.3, 0.4) is 0 Å². The normalized spacial score (nSPS) is 11.1. The molecule has 0 amide bonds. The Hall–Kier alpha value is -0.990. The highest BCUT2D eigenvalue weighted by Gasteiger charge is 2.02. The second-order valence-corrected chi connectivity index (χ2v) is 5.97. The molecule has 0 saturated carbocycles. The first-order chi connectivity index (χ1) is 11.1. The number of nitrogens with zero attached hydrogens (tertiary/aromatic N) is 3. The van der Waals surface area contributed by atoms with Gasteiger partial charge < -0.3 is 10.6 Å². The van der Waals surface area contributed by atoms with Gasteiger partial charge in [0.1, 0.15) is 0 Å². The van der Waals surface area contributed by atoms with Gasteiger partial charge in [-0.3, -0.25) is 4.68 Å². The first-order valence-corrected chi connectivity index (χ1v) is 8.28. The third-order valence-corrected chi connectivity index (χ3v) is 3.73. The molecule has 5 nitrogen and oxygen atoms in total. The summed E-state index contributed by atoms with van der Waals surface area (Å²) in [6.45, 7) is 4.17. The first kappa shape index (κ1) is 21.1. The monoisotopic (exact) mass is 481 g/mol. The van der Waals surface area contributed by atoms with E-state index in [9.17, 15) is 0 Å². The van der Waals surface area contributed by atoms with Gasteiger partial charge in [0.15, 0.2) is 5.96 Å². The average Bonchev–Trinajstić information content (AvgIpc) is 2.89. The lowest BCUT2D eigenvalue weighted by Gasteiger charge is -2.11. The molecule has 0 aliphatic rings. The summed E-state index contributed by atoms with van der Waals surface area (Å²) in [7, 11) is 1.91. The second-order valence-electron chi connectivity index (χ2n) is 5.10. The largest absolute Gasteiger partial charge is 0.357 e. The van der Waals surface area contributed by atoms with Crippen LogP contribution < -0.4 is 10.6 Å². The van der Waals surface area contributed by atoms with Crippen LogP contribution in [0, 0.1) is 0 Å². The van der Waals surface area contributed by atoms with Crippen molar-refractivity contribution in [1.82, 2.24) is 20.4 Å². The minimum absolute atomic E-state index is 0. The fourth-order valence-electron chi connectivity index (χ4n) is 2.14. The van der Waals surface area contributed by atoms with Crippen LogP contribution in [0.2, 0.25) is 10.0 Å². The molecule has 0 aliphatic carbocycles. The van der Waals surface area contributed by atoms with E-state index in [1.807, 2.05) is 36.9 Å². The fourth-order valence-corrected chi connectivity index (χ4v) is 2.71. The van der Waals surface area contributed by atoms with Crippen molar-refractivity contribution < 1.29 is 0 Å². The lowest BCUT2D eigenvalue weighted by molar-refractivity contribution is 0.707. The van der Waals surface area contributed by atoms with Gasteiger partial charge >= 0.3 is 0 Å². The predicted octanol–water partition coefficient (Wildman–Crippen LogP) is 3.64. The molecule has 2 aromatic rings. The summed E-state index contributed by atoms with van der Waals surface area (Å²) in [5, 5.41) is 12.0. The highest BCUT2D eigenvalue weighted by molar-refractivity contribution is 14.0. The Bertz CT molecular complexity index is 652. The average molecular weight is 482 g/mol. The SMILES string of the molecule is CCNC(=NCc1ccnn1C)NCCc1cc(Cl)cc(Cl)c1.I. The number of benzene rings is 1. The maximum absolute atomic E-state index is 6.01. The Balaban J connectivity index is 0.00000288. The highest BCUT2D eigenvalue weighted by Crippen LogP contribution is 2.19. The molecule has 0 fully saturated rings. The topological polar surface area (TPSA) is 54.2 Å². The van der Waals surface area contributed by atoms with Gasteiger partial charge in [-0.25, -0.2) is 4.99 Å². The summed E-state index contributed by atoms with van der Waals surface area (Å²) in [5.74, 6) is 0.779. The maximum Gasteiger partial charge on any atom is 0.191 e. The number of aryl methyl sites for hydroxylation is 1. The molecule has 1 aromatic carbocycles. The summed E-state index contributed by atoms with van der Waals surface area (Å²) in [5.41, 5.74) is 2.15. The molecule has 1 aromatic heterocycles. The molecular formula is C16H22Cl2IN5. The number of hydrogen-bond acceptors (Lipinski definition) is 2. The molecule has 0 spiro atoms. The van der Waals surface area contributed by atoms with E-state index < -0.39 is 0 Å². The van der Waals surface area contributed by atoms with Gasteiger partial charge in [0.05, 0.1) is 12.2 Å². The van der Waals surface area contributed by atoms with Crippen molar-refractivity contribution in [2.75, 3.05) is 13.1 Å². The van der Waals surface area contributed by atoms with Gasteiger partial charge in [-0.05, 0) is 43.2 Å². The summed E-state index contributed by atoms with van der Waals surface area (Å²) < 4.78 is 1.82. The Morgan fingerprint density at radius 3 is 2.50 bits per heavy atom. The molecule has 132 valence electrons. The summed E-state index contributed by atoms with van der Waals surface area (Å²) in [6, 6.07) is 7.55. The third-order valence-electron chi connectivity index (χ3n) is 3.29. The smallest absolute Gasteiger partial charge is 0.191 e. The van der Waals surface area contributed by atoms with Crippen LogP contribution in [0.25, 0.3) is 0 Å². The van der Waals surface area contributed by atoms with Crippen LogP contribution >= 0.6 is 47.2 Å². The third kappa shape index (κ3) is 6.86. The van der Waals surface area contributed by atoms with E-state index in [2.05, 4.69) is 20.7 Å². The van der Waals surface area contributed by atoms with Crippen LogP contribution in [0.5, 0.6) is 0 Å². The van der Waals surface area contributed by atoms with E-state index in [0.717, 1.165) is 36.7 Å². The van der Waals surface area contributed by atoms with Crippen molar-refractivity contribution >= 4 is 53.1 Å². The Morgan fingerprint density at radius 1 is 1.21 bits per heavy atom. The molecule has 0 unspecified atom stereocenters. The van der Waals surface area contributed by atoms with Crippen LogP contribution in [-0.2, 0) is 20.0 Å². The minimum Gasteiger partial charge on any atom is -0.357 e. The van der Waals surface area contributed by atoms with E-state index >= 15 is 0 Å².